The first-order valence-electron chi connectivity index (χ1n) is 12.5. The number of rotatable bonds is 12. The van der Waals surface area contributed by atoms with Crippen LogP contribution in [-0.2, 0) is 25.0 Å². The van der Waals surface area contributed by atoms with Gasteiger partial charge in [-0.1, -0.05) is 48.7 Å². The highest BCUT2D eigenvalue weighted by atomic mass is 32.2. The lowest BCUT2D eigenvalue weighted by molar-refractivity contribution is -0.119. The van der Waals surface area contributed by atoms with Gasteiger partial charge in [-0.3, -0.25) is 23.6 Å². The first-order chi connectivity index (χ1) is 18.9. The Morgan fingerprint density at radius 3 is 2.80 bits per heavy atom. The molecule has 0 amide bonds. The number of nitrogens with zero attached hydrogens (tertiary/aromatic N) is 3. The molecule has 13 nitrogen and oxygen atoms in total. The Bertz CT molecular complexity index is 1480. The lowest BCUT2D eigenvalue weighted by atomic mass is 9.97. The summed E-state index contributed by atoms with van der Waals surface area (Å²) in [5.41, 5.74) is 5.80. The van der Waals surface area contributed by atoms with Crippen LogP contribution in [0.3, 0.4) is 0 Å². The maximum Gasteiger partial charge on any atom is 0.406 e. The molecule has 0 bridgehead atoms. The lowest BCUT2D eigenvalue weighted by Gasteiger charge is -2.25. The normalized spacial score (nSPS) is 21.1. The van der Waals surface area contributed by atoms with Crippen molar-refractivity contribution in [3.05, 3.63) is 64.7 Å². The number of nitrogens with two attached hydrogens (primary N) is 1. The summed E-state index contributed by atoms with van der Waals surface area (Å²) in [6, 6.07) is 8.63. The third-order valence-electron chi connectivity index (χ3n) is 6.49. The summed E-state index contributed by atoms with van der Waals surface area (Å²) >= 11 is 0.958. The fourth-order valence-electron chi connectivity index (χ4n) is 4.14. The van der Waals surface area contributed by atoms with Crippen LogP contribution in [0.4, 0.5) is 5.95 Å². The van der Waals surface area contributed by atoms with Crippen molar-refractivity contribution in [3.63, 3.8) is 0 Å². The van der Waals surface area contributed by atoms with E-state index < -0.39 is 37.0 Å². The molecule has 4 atom stereocenters. The molecule has 40 heavy (non-hydrogen) atoms. The van der Waals surface area contributed by atoms with Gasteiger partial charge in [0, 0.05) is 18.7 Å². The third kappa shape index (κ3) is 6.72. The number of thioether (sulfide) groups is 1. The summed E-state index contributed by atoms with van der Waals surface area (Å²) in [7, 11) is -4.04. The van der Waals surface area contributed by atoms with Crippen LogP contribution in [0.15, 0.2) is 53.6 Å². The Kier molecular flexibility index (Phi) is 9.30. The van der Waals surface area contributed by atoms with Gasteiger partial charge in [0.2, 0.25) is 5.95 Å². The monoisotopic (exact) mass is 592 g/mol. The molecule has 2 aromatic heterocycles. The van der Waals surface area contributed by atoms with Gasteiger partial charge in [-0.05, 0) is 25.0 Å². The van der Waals surface area contributed by atoms with Crippen LogP contribution in [0.1, 0.15) is 31.9 Å². The second-order valence-electron chi connectivity index (χ2n) is 10.0. The second-order valence-corrected chi connectivity index (χ2v) is 12.9. The van der Waals surface area contributed by atoms with Crippen LogP contribution >= 0.6 is 19.5 Å². The number of hydrogen-bond donors (Lipinski definition) is 5. The smallest absolute Gasteiger partial charge is 0.395 e. The van der Waals surface area contributed by atoms with Gasteiger partial charge >= 0.3 is 7.75 Å². The van der Waals surface area contributed by atoms with Crippen molar-refractivity contribution >= 4 is 41.7 Å². The average molecular weight is 593 g/mol. The Morgan fingerprint density at radius 2 is 2.10 bits per heavy atom. The number of aromatic nitrogens is 4. The highest BCUT2D eigenvalue weighted by molar-refractivity contribution is 8.13. The number of hydrogen-bond acceptors (Lipinski definition) is 11. The summed E-state index contributed by atoms with van der Waals surface area (Å²) in [6.07, 6.45) is -0.657. The number of anilines is 1. The van der Waals surface area contributed by atoms with Crippen molar-refractivity contribution in [2.24, 2.45) is 5.41 Å². The van der Waals surface area contributed by atoms with Crippen LogP contribution in [0.25, 0.3) is 11.2 Å². The summed E-state index contributed by atoms with van der Waals surface area (Å²) in [6.45, 7) is 7.09. The zero-order chi connectivity index (χ0) is 29.1. The Hall–Kier alpha value is -2.84. The van der Waals surface area contributed by atoms with Crippen LogP contribution in [0.5, 0.6) is 0 Å². The van der Waals surface area contributed by atoms with Gasteiger partial charge < -0.3 is 20.5 Å². The molecule has 15 heteroatoms. The van der Waals surface area contributed by atoms with Crippen LogP contribution < -0.4 is 16.4 Å². The molecule has 0 radical (unpaired) electrons. The number of nitrogen functional groups attached to an aromatic ring is 1. The molecule has 4 rings (SSSR count). The van der Waals surface area contributed by atoms with Gasteiger partial charge in [0.25, 0.3) is 5.56 Å². The third-order valence-corrected chi connectivity index (χ3v) is 9.25. The van der Waals surface area contributed by atoms with Crippen molar-refractivity contribution in [2.75, 3.05) is 24.7 Å². The lowest BCUT2D eigenvalue weighted by Crippen LogP contribution is -2.28. The fraction of sp³-hybridized carbons (Fsp3) is 0.440. The number of carbonyl (C=O) groups excluding carboxylic acids is 1. The molecule has 2 unspecified atom stereocenters. The molecular weight excluding hydrogens is 559 g/mol. The molecule has 2 heterocycles. The largest absolute Gasteiger partial charge is 0.406 e. The van der Waals surface area contributed by atoms with Gasteiger partial charge in [-0.25, -0.2) is 14.6 Å². The molecule has 3 aromatic rings. The highest BCUT2D eigenvalue weighted by Crippen LogP contribution is 2.50. The van der Waals surface area contributed by atoms with Gasteiger partial charge in [0.15, 0.2) is 16.3 Å². The molecular formula is C25H33N6O7PS. The van der Waals surface area contributed by atoms with E-state index in [0.29, 0.717) is 5.57 Å². The first kappa shape index (κ1) is 30.1. The Balaban J connectivity index is 1.50. The maximum absolute atomic E-state index is 13.9. The fourth-order valence-corrected chi connectivity index (χ4v) is 6.58. The number of carbonyl (C=O) groups is 1. The van der Waals surface area contributed by atoms with Gasteiger partial charge in [-0.2, -0.15) is 4.98 Å². The van der Waals surface area contributed by atoms with Crippen LogP contribution in [0.2, 0.25) is 0 Å². The number of fused-ring (bicyclic) bond motifs is 1. The van der Waals surface area contributed by atoms with Crippen molar-refractivity contribution < 1.29 is 28.6 Å². The van der Waals surface area contributed by atoms with Crippen molar-refractivity contribution in [1.29, 1.82) is 0 Å². The molecule has 0 spiro atoms. The van der Waals surface area contributed by atoms with E-state index in [1.54, 1.807) is 18.4 Å². The van der Waals surface area contributed by atoms with Crippen LogP contribution in [-0.4, -0.2) is 66.0 Å². The number of H-pyrrole nitrogens is 1. The Morgan fingerprint density at radius 1 is 1.38 bits per heavy atom. The van der Waals surface area contributed by atoms with Crippen molar-refractivity contribution in [1.82, 2.24) is 24.6 Å². The van der Waals surface area contributed by atoms with Gasteiger partial charge in [-0.15, -0.1) is 0 Å². The molecule has 1 aliphatic rings. The summed E-state index contributed by atoms with van der Waals surface area (Å²) in [5.74, 6) is 0.0835. The predicted molar refractivity (Wildman–Crippen MR) is 151 cm³/mol. The minimum Gasteiger partial charge on any atom is -0.395 e. The van der Waals surface area contributed by atoms with E-state index in [0.717, 1.165) is 17.3 Å². The standard InChI is InChI=1S/C25H33N6O7PS/c1-15-17(31-14-27-19-21(31)29-24(26)30-22(19)34)11-18(33)20(15)38-39(36,28-12-16-7-5-4-6-8-16)37-9-10-40-23(35)25(2,3)13-32/h4-8,14,17-18,20,32-33H,1,9-13H2,2-3H3,(H,28,36)(H3,26,29,30,34)/t17-,18-,20?,39?/m0/s1. The molecule has 0 saturated heterocycles. The summed E-state index contributed by atoms with van der Waals surface area (Å²) in [5, 5.41) is 22.9. The van der Waals surface area contributed by atoms with E-state index in [2.05, 4.69) is 26.6 Å². The predicted octanol–water partition coefficient (Wildman–Crippen LogP) is 2.14. The molecule has 216 valence electrons. The minimum atomic E-state index is -4.04. The number of aliphatic hydroxyl groups is 2. The molecule has 1 saturated carbocycles. The summed E-state index contributed by atoms with van der Waals surface area (Å²) < 4.78 is 27.1. The number of imidazole rings is 1. The number of benzene rings is 1. The second kappa shape index (κ2) is 12.4. The van der Waals surface area contributed by atoms with Crippen molar-refractivity contribution in [2.45, 2.75) is 45.1 Å². The maximum atomic E-state index is 13.9. The molecule has 6 N–H and O–H groups in total. The molecule has 1 aromatic carbocycles. The van der Waals surface area contributed by atoms with E-state index in [4.69, 9.17) is 14.8 Å². The van der Waals surface area contributed by atoms with Crippen molar-refractivity contribution in [3.8, 4) is 0 Å². The highest BCUT2D eigenvalue weighted by Gasteiger charge is 2.43. The SMILES string of the molecule is C=C1C(OP(=O)(NCc2ccccc2)OCCSC(=O)C(C)(C)CO)[C@@H](O)C[C@@H]1n1cnc2c(=O)[nH]c(N)nc21. The quantitative estimate of drug-likeness (QED) is 0.117. The van der Waals surface area contributed by atoms with Crippen LogP contribution in [0, 0.1) is 5.41 Å². The van der Waals surface area contributed by atoms with Gasteiger partial charge in [0.1, 0.15) is 6.10 Å². The first-order valence-corrected chi connectivity index (χ1v) is 15.1. The summed E-state index contributed by atoms with van der Waals surface area (Å²) in [4.78, 5) is 35.2. The minimum absolute atomic E-state index is 0.0795. The Labute approximate surface area is 234 Å². The molecule has 1 fully saturated rings. The van der Waals surface area contributed by atoms with E-state index in [9.17, 15) is 24.4 Å². The number of nitrogens with one attached hydrogen (secondary N) is 2. The zero-order valence-corrected chi connectivity index (χ0v) is 23.9. The number of aromatic amines is 1. The molecule has 0 aliphatic heterocycles. The van der Waals surface area contributed by atoms with Gasteiger partial charge in [0.05, 0.1) is 37.1 Å². The topological polar surface area (TPSA) is 195 Å². The number of aliphatic hydroxyl groups excluding tert-OH is 2. The average Bonchev–Trinajstić information content (AvgIpc) is 3.46. The van der Waals surface area contributed by atoms with E-state index >= 15 is 0 Å². The van der Waals surface area contributed by atoms with E-state index in [1.807, 2.05) is 30.3 Å². The molecule has 1 aliphatic carbocycles. The zero-order valence-electron chi connectivity index (χ0n) is 22.1. The van der Waals surface area contributed by atoms with E-state index in [-0.39, 0.29) is 54.2 Å². The van der Waals surface area contributed by atoms with E-state index in [1.165, 1.54) is 6.33 Å².